The average Bonchev–Trinajstić information content (AvgIpc) is 2.25. The molecule has 0 radical (unpaired) electrons. The van der Waals surface area contributed by atoms with Crippen molar-refractivity contribution in [2.75, 3.05) is 40.3 Å². The van der Waals surface area contributed by atoms with Gasteiger partial charge in [-0.05, 0) is 48.2 Å². The lowest BCUT2D eigenvalue weighted by molar-refractivity contribution is 0.307. The molecule has 0 spiro atoms. The average molecular weight is 322 g/mol. The highest BCUT2D eigenvalue weighted by atomic mass is 79.9. The summed E-state index contributed by atoms with van der Waals surface area (Å²) in [7, 11) is 4.12. The summed E-state index contributed by atoms with van der Waals surface area (Å²) < 4.78 is 6.50. The number of likely N-dealkylation sites (N-methyl/N-ethyl adjacent to an activating group) is 1. The van der Waals surface area contributed by atoms with Gasteiger partial charge >= 0.3 is 0 Å². The van der Waals surface area contributed by atoms with Crippen molar-refractivity contribution in [2.24, 2.45) is 0 Å². The number of nitrogens with one attached hydrogen (secondary N) is 1. The Kier molecular flexibility index (Phi) is 6.89. The molecule has 5 heteroatoms. The molecule has 0 unspecified atom stereocenters. The predicted molar refractivity (Wildman–Crippen MR) is 76.1 cm³/mol. The van der Waals surface area contributed by atoms with E-state index < -0.39 is 0 Å². The third-order valence-electron chi connectivity index (χ3n) is 2.17. The molecule has 0 aliphatic rings. The minimum Gasteiger partial charge on any atom is -0.491 e. The topological polar surface area (TPSA) is 24.5 Å². The number of rotatable bonds is 7. The molecular weight excluding hydrogens is 304 g/mol. The van der Waals surface area contributed by atoms with Gasteiger partial charge in [-0.25, -0.2) is 0 Å². The van der Waals surface area contributed by atoms with E-state index in [1.165, 1.54) is 0 Å². The Labute approximate surface area is 116 Å². The Morgan fingerprint density at radius 2 is 2.12 bits per heavy atom. The van der Waals surface area contributed by atoms with Crippen molar-refractivity contribution < 1.29 is 4.74 Å². The highest BCUT2D eigenvalue weighted by Crippen LogP contribution is 2.27. The molecule has 0 fully saturated rings. The number of nitrogens with zero attached hydrogens (tertiary/aromatic N) is 1. The summed E-state index contributed by atoms with van der Waals surface area (Å²) in [5.41, 5.74) is 0. The van der Waals surface area contributed by atoms with Crippen LogP contribution in [0.3, 0.4) is 0 Å². The van der Waals surface area contributed by atoms with Gasteiger partial charge in [-0.1, -0.05) is 11.6 Å². The first kappa shape index (κ1) is 14.8. The van der Waals surface area contributed by atoms with Crippen molar-refractivity contribution in [3.8, 4) is 5.75 Å². The van der Waals surface area contributed by atoms with E-state index in [0.29, 0.717) is 11.6 Å². The number of ether oxygens (including phenoxy) is 1. The van der Waals surface area contributed by atoms with Crippen LogP contribution < -0.4 is 10.1 Å². The fourth-order valence-corrected chi connectivity index (χ4v) is 2.05. The molecule has 1 aromatic rings. The van der Waals surface area contributed by atoms with E-state index in [2.05, 4.69) is 40.2 Å². The molecule has 0 saturated heterocycles. The van der Waals surface area contributed by atoms with Crippen LogP contribution in [0, 0.1) is 0 Å². The van der Waals surface area contributed by atoms with Gasteiger partial charge in [0.05, 0.1) is 4.47 Å². The Balaban J connectivity index is 2.18. The summed E-state index contributed by atoms with van der Waals surface area (Å²) in [4.78, 5) is 2.14. The smallest absolute Gasteiger partial charge is 0.133 e. The maximum absolute atomic E-state index is 5.85. The Bertz CT molecular complexity index is 347. The molecule has 17 heavy (non-hydrogen) atoms. The fraction of sp³-hybridized carbons (Fsp3) is 0.500. The van der Waals surface area contributed by atoms with Gasteiger partial charge in [0.15, 0.2) is 0 Å². The van der Waals surface area contributed by atoms with Crippen molar-refractivity contribution in [1.82, 2.24) is 10.2 Å². The van der Waals surface area contributed by atoms with E-state index in [1.807, 2.05) is 18.2 Å². The summed E-state index contributed by atoms with van der Waals surface area (Å²) in [6.45, 7) is 3.49. The second-order valence-corrected chi connectivity index (χ2v) is 5.27. The van der Waals surface area contributed by atoms with E-state index in [0.717, 1.165) is 29.9 Å². The van der Waals surface area contributed by atoms with E-state index in [4.69, 9.17) is 16.3 Å². The van der Waals surface area contributed by atoms with E-state index in [9.17, 15) is 0 Å². The number of halogens is 2. The first-order valence-electron chi connectivity index (χ1n) is 5.53. The van der Waals surface area contributed by atoms with Gasteiger partial charge in [0.25, 0.3) is 0 Å². The molecular formula is C12H18BrClN2O. The van der Waals surface area contributed by atoms with Crippen LogP contribution >= 0.6 is 27.5 Å². The minimum atomic E-state index is 0.646. The first-order chi connectivity index (χ1) is 8.09. The van der Waals surface area contributed by atoms with E-state index in [-0.39, 0.29) is 0 Å². The summed E-state index contributed by atoms with van der Waals surface area (Å²) in [5, 5.41) is 4.01. The highest BCUT2D eigenvalue weighted by Gasteiger charge is 2.01. The van der Waals surface area contributed by atoms with Gasteiger partial charge in [-0.3, -0.25) is 0 Å². The van der Waals surface area contributed by atoms with Crippen LogP contribution in [0.4, 0.5) is 0 Å². The summed E-state index contributed by atoms with van der Waals surface area (Å²) in [5.74, 6) is 0.823. The molecule has 0 saturated carbocycles. The maximum Gasteiger partial charge on any atom is 0.133 e. The molecule has 1 rings (SSSR count). The van der Waals surface area contributed by atoms with Crippen molar-refractivity contribution in [2.45, 2.75) is 0 Å². The Morgan fingerprint density at radius 1 is 1.35 bits per heavy atom. The SMILES string of the molecule is CN(C)CCNCCOc1ccc(Cl)cc1Br. The van der Waals surface area contributed by atoms with Gasteiger partial charge in [0.2, 0.25) is 0 Å². The van der Waals surface area contributed by atoms with Crippen LogP contribution in [0.25, 0.3) is 0 Å². The van der Waals surface area contributed by atoms with E-state index >= 15 is 0 Å². The van der Waals surface area contributed by atoms with Gasteiger partial charge < -0.3 is 15.0 Å². The number of hydrogen-bond donors (Lipinski definition) is 1. The second kappa shape index (κ2) is 7.93. The lowest BCUT2D eigenvalue weighted by Crippen LogP contribution is -2.29. The predicted octanol–water partition coefficient (Wildman–Crippen LogP) is 2.63. The van der Waals surface area contributed by atoms with Crippen LogP contribution in [0.5, 0.6) is 5.75 Å². The molecule has 0 bridgehead atoms. The fourth-order valence-electron chi connectivity index (χ4n) is 1.25. The van der Waals surface area contributed by atoms with Crippen LogP contribution in [0.15, 0.2) is 22.7 Å². The minimum absolute atomic E-state index is 0.646. The summed E-state index contributed by atoms with van der Waals surface area (Å²) >= 11 is 9.26. The molecule has 3 nitrogen and oxygen atoms in total. The van der Waals surface area contributed by atoms with Gasteiger partial charge in [-0.15, -0.1) is 0 Å². The molecule has 1 aromatic carbocycles. The van der Waals surface area contributed by atoms with Crippen LogP contribution in [-0.2, 0) is 0 Å². The van der Waals surface area contributed by atoms with Crippen molar-refractivity contribution in [3.63, 3.8) is 0 Å². The highest BCUT2D eigenvalue weighted by molar-refractivity contribution is 9.10. The lowest BCUT2D eigenvalue weighted by Gasteiger charge is -2.11. The summed E-state index contributed by atoms with van der Waals surface area (Å²) in [6, 6.07) is 5.52. The molecule has 96 valence electrons. The van der Waals surface area contributed by atoms with E-state index in [1.54, 1.807) is 0 Å². The molecule has 1 N–H and O–H groups in total. The standard InChI is InChI=1S/C12H18BrClN2O/c1-16(2)7-5-15-6-8-17-12-4-3-10(14)9-11(12)13/h3-4,9,15H,5-8H2,1-2H3. The number of hydrogen-bond acceptors (Lipinski definition) is 3. The van der Waals surface area contributed by atoms with Crippen molar-refractivity contribution >= 4 is 27.5 Å². The van der Waals surface area contributed by atoms with Crippen molar-refractivity contribution in [1.29, 1.82) is 0 Å². The quantitative estimate of drug-likeness (QED) is 0.781. The molecule has 0 amide bonds. The molecule has 0 aromatic heterocycles. The van der Waals surface area contributed by atoms with Crippen molar-refractivity contribution in [3.05, 3.63) is 27.7 Å². The summed E-state index contributed by atoms with van der Waals surface area (Å²) in [6.07, 6.45) is 0. The number of benzene rings is 1. The normalized spacial score (nSPS) is 10.9. The molecule has 0 aliphatic carbocycles. The molecule has 0 atom stereocenters. The Morgan fingerprint density at radius 3 is 2.76 bits per heavy atom. The maximum atomic E-state index is 5.85. The third kappa shape index (κ3) is 6.27. The van der Waals surface area contributed by atoms with Crippen LogP contribution in [-0.4, -0.2) is 45.2 Å². The zero-order chi connectivity index (χ0) is 12.7. The van der Waals surface area contributed by atoms with Gasteiger partial charge in [0, 0.05) is 24.7 Å². The zero-order valence-electron chi connectivity index (χ0n) is 10.2. The first-order valence-corrected chi connectivity index (χ1v) is 6.70. The third-order valence-corrected chi connectivity index (χ3v) is 3.02. The lowest BCUT2D eigenvalue weighted by atomic mass is 10.3. The van der Waals surface area contributed by atoms with Crippen LogP contribution in [0.2, 0.25) is 5.02 Å². The molecule has 0 aliphatic heterocycles. The van der Waals surface area contributed by atoms with Crippen LogP contribution in [0.1, 0.15) is 0 Å². The second-order valence-electron chi connectivity index (χ2n) is 3.98. The monoisotopic (exact) mass is 320 g/mol. The van der Waals surface area contributed by atoms with Gasteiger partial charge in [-0.2, -0.15) is 0 Å². The Hall–Kier alpha value is -0.290. The molecule has 0 heterocycles. The largest absolute Gasteiger partial charge is 0.491 e. The van der Waals surface area contributed by atoms with Gasteiger partial charge in [0.1, 0.15) is 12.4 Å². The zero-order valence-corrected chi connectivity index (χ0v) is 12.5.